The van der Waals surface area contributed by atoms with Gasteiger partial charge in [-0.1, -0.05) is 29.8 Å². The molecule has 0 radical (unpaired) electrons. The summed E-state index contributed by atoms with van der Waals surface area (Å²) >= 11 is 5.83. The maximum atomic E-state index is 12.4. The van der Waals surface area contributed by atoms with E-state index in [-0.39, 0.29) is 10.8 Å². The van der Waals surface area contributed by atoms with Crippen LogP contribution in [0.15, 0.2) is 83.8 Å². The van der Waals surface area contributed by atoms with E-state index in [9.17, 15) is 13.2 Å². The predicted molar refractivity (Wildman–Crippen MR) is 114 cm³/mol. The van der Waals surface area contributed by atoms with Crippen molar-refractivity contribution in [3.05, 3.63) is 83.9 Å². The molecule has 1 amide bonds. The second-order valence-corrected chi connectivity index (χ2v) is 8.32. The van der Waals surface area contributed by atoms with Gasteiger partial charge in [0.2, 0.25) is 0 Å². The minimum atomic E-state index is -3.72. The maximum Gasteiger partial charge on any atom is 0.265 e. The molecule has 29 heavy (non-hydrogen) atoms. The number of hydrogen-bond acceptors (Lipinski definition) is 4. The largest absolute Gasteiger partial charge is 0.481 e. The van der Waals surface area contributed by atoms with Gasteiger partial charge in [0.15, 0.2) is 6.10 Å². The summed E-state index contributed by atoms with van der Waals surface area (Å²) in [4.78, 5) is 12.4. The maximum absolute atomic E-state index is 12.4. The molecule has 0 aliphatic carbocycles. The molecule has 0 saturated carbocycles. The molecule has 8 heteroatoms. The van der Waals surface area contributed by atoms with Crippen LogP contribution in [0.25, 0.3) is 0 Å². The molecule has 1 atom stereocenters. The van der Waals surface area contributed by atoms with E-state index in [1.165, 1.54) is 24.3 Å². The number of benzene rings is 3. The summed E-state index contributed by atoms with van der Waals surface area (Å²) in [6.07, 6.45) is -0.751. The molecule has 3 rings (SSSR count). The first-order valence-corrected chi connectivity index (χ1v) is 10.6. The van der Waals surface area contributed by atoms with Gasteiger partial charge in [0, 0.05) is 16.4 Å². The molecular formula is C21H19ClN2O4S. The van der Waals surface area contributed by atoms with Crippen LogP contribution in [0.4, 0.5) is 11.4 Å². The standard InChI is InChI=1S/C21H19ClN2O4S/c1-15(28-19-11-7-16(22)8-12-19)21(25)23-17-9-13-20(14-10-17)29(26,27)24-18-5-3-2-4-6-18/h2-15,24H,1H3,(H,23,25)/t15-/m0/s1. The first-order valence-electron chi connectivity index (χ1n) is 8.74. The zero-order chi connectivity index (χ0) is 20.9. The average molecular weight is 431 g/mol. The van der Waals surface area contributed by atoms with E-state index in [0.29, 0.717) is 22.1 Å². The van der Waals surface area contributed by atoms with E-state index in [4.69, 9.17) is 16.3 Å². The Morgan fingerprint density at radius 3 is 2.14 bits per heavy atom. The molecule has 3 aromatic rings. The summed E-state index contributed by atoms with van der Waals surface area (Å²) in [7, 11) is -3.72. The lowest BCUT2D eigenvalue weighted by Crippen LogP contribution is -2.30. The van der Waals surface area contributed by atoms with Crippen molar-refractivity contribution < 1.29 is 17.9 Å². The van der Waals surface area contributed by atoms with Crippen LogP contribution in [0.5, 0.6) is 5.75 Å². The highest BCUT2D eigenvalue weighted by atomic mass is 35.5. The van der Waals surface area contributed by atoms with Gasteiger partial charge in [0.05, 0.1) is 4.90 Å². The van der Waals surface area contributed by atoms with Gasteiger partial charge in [0.1, 0.15) is 5.75 Å². The number of nitrogens with one attached hydrogen (secondary N) is 2. The lowest BCUT2D eigenvalue weighted by molar-refractivity contribution is -0.122. The predicted octanol–water partition coefficient (Wildman–Crippen LogP) is 4.55. The number of halogens is 1. The van der Waals surface area contributed by atoms with Crippen molar-refractivity contribution in [1.82, 2.24) is 0 Å². The van der Waals surface area contributed by atoms with Crippen molar-refractivity contribution in [1.29, 1.82) is 0 Å². The molecule has 150 valence electrons. The highest BCUT2D eigenvalue weighted by molar-refractivity contribution is 7.92. The van der Waals surface area contributed by atoms with Crippen LogP contribution in [0.3, 0.4) is 0 Å². The van der Waals surface area contributed by atoms with Crippen LogP contribution in [-0.4, -0.2) is 20.4 Å². The zero-order valence-corrected chi connectivity index (χ0v) is 17.1. The molecule has 0 unspecified atom stereocenters. The number of sulfonamides is 1. The van der Waals surface area contributed by atoms with Gasteiger partial charge in [-0.15, -0.1) is 0 Å². The van der Waals surface area contributed by atoms with E-state index in [2.05, 4.69) is 10.0 Å². The van der Waals surface area contributed by atoms with Gasteiger partial charge in [-0.25, -0.2) is 8.42 Å². The van der Waals surface area contributed by atoms with E-state index in [0.717, 1.165) is 0 Å². The van der Waals surface area contributed by atoms with E-state index >= 15 is 0 Å². The highest BCUT2D eigenvalue weighted by Crippen LogP contribution is 2.20. The Hall–Kier alpha value is -3.03. The van der Waals surface area contributed by atoms with Crippen molar-refractivity contribution in [3.63, 3.8) is 0 Å². The Morgan fingerprint density at radius 1 is 0.897 bits per heavy atom. The number of para-hydroxylation sites is 1. The van der Waals surface area contributed by atoms with Crippen molar-refractivity contribution in [2.75, 3.05) is 10.0 Å². The second-order valence-electron chi connectivity index (χ2n) is 6.20. The average Bonchev–Trinajstić information content (AvgIpc) is 2.70. The molecular weight excluding hydrogens is 412 g/mol. The molecule has 6 nitrogen and oxygen atoms in total. The third-order valence-corrected chi connectivity index (χ3v) is 5.60. The lowest BCUT2D eigenvalue weighted by atomic mass is 10.3. The number of rotatable bonds is 7. The van der Waals surface area contributed by atoms with Gasteiger partial charge >= 0.3 is 0 Å². The minimum Gasteiger partial charge on any atom is -0.481 e. The Balaban J connectivity index is 1.62. The molecule has 0 saturated heterocycles. The number of carbonyl (C=O) groups is 1. The van der Waals surface area contributed by atoms with Crippen molar-refractivity contribution in [2.24, 2.45) is 0 Å². The van der Waals surface area contributed by atoms with Gasteiger partial charge in [0.25, 0.3) is 15.9 Å². The van der Waals surface area contributed by atoms with Gasteiger partial charge in [-0.2, -0.15) is 0 Å². The van der Waals surface area contributed by atoms with Gasteiger partial charge < -0.3 is 10.1 Å². The zero-order valence-electron chi connectivity index (χ0n) is 15.5. The first-order chi connectivity index (χ1) is 13.8. The summed E-state index contributed by atoms with van der Waals surface area (Å²) < 4.78 is 33.0. The molecule has 0 fully saturated rings. The van der Waals surface area contributed by atoms with E-state index in [1.54, 1.807) is 61.5 Å². The van der Waals surface area contributed by atoms with E-state index in [1.807, 2.05) is 0 Å². The van der Waals surface area contributed by atoms with Gasteiger partial charge in [-0.05, 0) is 67.6 Å². The van der Waals surface area contributed by atoms with Crippen LogP contribution in [0.1, 0.15) is 6.92 Å². The normalized spacial score (nSPS) is 12.1. The molecule has 0 aliphatic rings. The van der Waals surface area contributed by atoms with E-state index < -0.39 is 16.1 Å². The third-order valence-electron chi connectivity index (χ3n) is 3.95. The van der Waals surface area contributed by atoms with Crippen molar-refractivity contribution in [3.8, 4) is 5.75 Å². The Kier molecular flexibility index (Phi) is 6.41. The molecule has 2 N–H and O–H groups in total. The number of anilines is 2. The summed E-state index contributed by atoms with van der Waals surface area (Å²) in [5.41, 5.74) is 0.929. The Morgan fingerprint density at radius 2 is 1.52 bits per heavy atom. The summed E-state index contributed by atoms with van der Waals surface area (Å²) in [5, 5.41) is 3.27. The van der Waals surface area contributed by atoms with Crippen molar-refractivity contribution in [2.45, 2.75) is 17.9 Å². The monoisotopic (exact) mass is 430 g/mol. The quantitative estimate of drug-likeness (QED) is 0.576. The van der Waals surface area contributed by atoms with Crippen LogP contribution >= 0.6 is 11.6 Å². The van der Waals surface area contributed by atoms with Crippen LogP contribution in [-0.2, 0) is 14.8 Å². The fourth-order valence-corrected chi connectivity index (χ4v) is 3.64. The molecule has 3 aromatic carbocycles. The fourth-order valence-electron chi connectivity index (χ4n) is 2.45. The van der Waals surface area contributed by atoms with Crippen molar-refractivity contribution >= 4 is 38.9 Å². The van der Waals surface area contributed by atoms with Gasteiger partial charge in [-0.3, -0.25) is 9.52 Å². The third kappa shape index (κ3) is 5.73. The minimum absolute atomic E-state index is 0.0878. The number of amides is 1. The number of carbonyl (C=O) groups excluding carboxylic acids is 1. The topological polar surface area (TPSA) is 84.5 Å². The second kappa shape index (κ2) is 8.98. The Bertz CT molecular complexity index is 1070. The molecule has 0 bridgehead atoms. The van der Waals surface area contributed by atoms with Crippen LogP contribution in [0, 0.1) is 0 Å². The molecule has 0 aliphatic heterocycles. The lowest BCUT2D eigenvalue weighted by Gasteiger charge is -2.15. The smallest absolute Gasteiger partial charge is 0.265 e. The number of ether oxygens (including phenoxy) is 1. The highest BCUT2D eigenvalue weighted by Gasteiger charge is 2.17. The molecule has 0 spiro atoms. The molecule has 0 aromatic heterocycles. The first kappa shape index (κ1) is 20.7. The fraction of sp³-hybridized carbons (Fsp3) is 0.0952. The van der Waals surface area contributed by atoms with Crippen LogP contribution < -0.4 is 14.8 Å². The SMILES string of the molecule is C[C@H](Oc1ccc(Cl)cc1)C(=O)Nc1ccc(S(=O)(=O)Nc2ccccc2)cc1. The summed E-state index contributed by atoms with van der Waals surface area (Å²) in [6.45, 7) is 1.62. The Labute approximate surface area is 174 Å². The summed E-state index contributed by atoms with van der Waals surface area (Å²) in [5.74, 6) is 0.156. The van der Waals surface area contributed by atoms with Crippen LogP contribution in [0.2, 0.25) is 5.02 Å². The molecule has 0 heterocycles. The number of hydrogen-bond donors (Lipinski definition) is 2. The summed E-state index contributed by atoms with van der Waals surface area (Å²) in [6, 6.07) is 21.2.